The van der Waals surface area contributed by atoms with Crippen molar-refractivity contribution in [1.29, 1.82) is 0 Å². The number of benzene rings is 2. The van der Waals surface area contributed by atoms with Crippen molar-refractivity contribution in [2.45, 2.75) is 77.0 Å². The molecule has 0 heterocycles. The van der Waals surface area contributed by atoms with Crippen molar-refractivity contribution in [2.75, 3.05) is 0 Å². The number of carbonyl (C=O) groups is 4. The first-order chi connectivity index (χ1) is 15.8. The third-order valence-corrected chi connectivity index (χ3v) is 6.97. The van der Waals surface area contributed by atoms with Gasteiger partial charge in [0.15, 0.2) is 11.6 Å². The molecule has 0 spiro atoms. The molecule has 34 heavy (non-hydrogen) atoms. The monoisotopic (exact) mass is 464 g/mol. The molecular weight excluding hydrogens is 432 g/mol. The predicted octanol–water partition coefficient (Wildman–Crippen LogP) is 5.53. The zero-order valence-electron chi connectivity index (χ0n) is 20.2. The van der Waals surface area contributed by atoms with Crippen molar-refractivity contribution in [2.24, 2.45) is 0 Å². The molecule has 0 saturated heterocycles. The van der Waals surface area contributed by atoms with E-state index in [-0.39, 0.29) is 35.2 Å². The summed E-state index contributed by atoms with van der Waals surface area (Å²) in [6.45, 7) is 8.05. The van der Waals surface area contributed by atoms with E-state index in [1.54, 1.807) is 24.3 Å². The SMILES string of the molecule is CC(C)(CCCC(=O)O)c1ccc2c(c1)C(=O)c1cc(C(C)(C)CCCC(=O)O)ccc1C2=O. The summed E-state index contributed by atoms with van der Waals surface area (Å²) in [5.41, 5.74) is 2.62. The van der Waals surface area contributed by atoms with Crippen LogP contribution in [0.15, 0.2) is 36.4 Å². The molecule has 0 atom stereocenters. The molecule has 1 aliphatic rings. The van der Waals surface area contributed by atoms with Gasteiger partial charge in [0.2, 0.25) is 0 Å². The molecule has 6 heteroatoms. The minimum atomic E-state index is -0.833. The van der Waals surface area contributed by atoms with Gasteiger partial charge in [-0.05, 0) is 71.9 Å². The number of carboxylic acid groups (broad SMARTS) is 2. The Hall–Kier alpha value is -3.28. The molecule has 3 rings (SSSR count). The van der Waals surface area contributed by atoms with Gasteiger partial charge in [-0.3, -0.25) is 19.2 Å². The molecule has 0 saturated carbocycles. The highest BCUT2D eigenvalue weighted by Gasteiger charge is 2.33. The van der Waals surface area contributed by atoms with E-state index >= 15 is 0 Å². The first-order valence-corrected chi connectivity index (χ1v) is 11.7. The van der Waals surface area contributed by atoms with Gasteiger partial charge < -0.3 is 10.2 Å². The quantitative estimate of drug-likeness (QED) is 0.408. The van der Waals surface area contributed by atoms with Crippen LogP contribution < -0.4 is 0 Å². The number of carboxylic acids is 2. The van der Waals surface area contributed by atoms with Crippen LogP contribution in [0.4, 0.5) is 0 Å². The van der Waals surface area contributed by atoms with E-state index in [1.807, 2.05) is 39.8 Å². The predicted molar refractivity (Wildman–Crippen MR) is 129 cm³/mol. The van der Waals surface area contributed by atoms with Crippen LogP contribution in [-0.2, 0) is 20.4 Å². The van der Waals surface area contributed by atoms with Crippen molar-refractivity contribution in [3.63, 3.8) is 0 Å². The van der Waals surface area contributed by atoms with Gasteiger partial charge in [0, 0.05) is 35.1 Å². The van der Waals surface area contributed by atoms with E-state index in [4.69, 9.17) is 10.2 Å². The van der Waals surface area contributed by atoms with Gasteiger partial charge >= 0.3 is 11.9 Å². The van der Waals surface area contributed by atoms with Gasteiger partial charge in [-0.1, -0.05) is 39.8 Å². The molecule has 0 aromatic heterocycles. The number of carbonyl (C=O) groups excluding carboxylic acids is 2. The molecule has 0 fully saturated rings. The molecule has 0 aliphatic heterocycles. The van der Waals surface area contributed by atoms with Gasteiger partial charge in [-0.2, -0.15) is 0 Å². The Bertz CT molecular complexity index is 1070. The first kappa shape index (κ1) is 25.3. The van der Waals surface area contributed by atoms with Crippen LogP contribution in [0.1, 0.15) is 109 Å². The number of aliphatic carboxylic acids is 2. The Balaban J connectivity index is 1.92. The first-order valence-electron chi connectivity index (χ1n) is 11.7. The molecule has 6 nitrogen and oxygen atoms in total. The summed E-state index contributed by atoms with van der Waals surface area (Å²) in [4.78, 5) is 48.5. The Morgan fingerprint density at radius 1 is 0.647 bits per heavy atom. The van der Waals surface area contributed by atoms with Crippen molar-refractivity contribution in [3.8, 4) is 0 Å². The van der Waals surface area contributed by atoms with Gasteiger partial charge in [0.25, 0.3) is 0 Å². The van der Waals surface area contributed by atoms with E-state index in [1.165, 1.54) is 0 Å². The Morgan fingerprint density at radius 2 is 1.00 bits per heavy atom. The molecule has 2 aromatic carbocycles. The van der Waals surface area contributed by atoms with E-state index in [0.29, 0.717) is 47.9 Å². The molecule has 0 unspecified atom stereocenters. The van der Waals surface area contributed by atoms with Crippen LogP contribution in [0.3, 0.4) is 0 Å². The summed E-state index contributed by atoms with van der Waals surface area (Å²) in [6.07, 6.45) is 2.51. The van der Waals surface area contributed by atoms with Gasteiger partial charge in [-0.25, -0.2) is 0 Å². The maximum absolute atomic E-state index is 13.5. The van der Waals surface area contributed by atoms with E-state index in [2.05, 4.69) is 0 Å². The van der Waals surface area contributed by atoms with Crippen LogP contribution in [0, 0.1) is 0 Å². The largest absolute Gasteiger partial charge is 0.481 e. The van der Waals surface area contributed by atoms with Gasteiger partial charge in [0.05, 0.1) is 0 Å². The summed E-state index contributed by atoms with van der Waals surface area (Å²) in [5.74, 6) is -2.05. The summed E-state index contributed by atoms with van der Waals surface area (Å²) in [6, 6.07) is 10.7. The lowest BCUT2D eigenvalue weighted by molar-refractivity contribution is -0.138. The number of fused-ring (bicyclic) bond motifs is 2. The van der Waals surface area contributed by atoms with Gasteiger partial charge in [-0.15, -0.1) is 0 Å². The fourth-order valence-corrected chi connectivity index (χ4v) is 4.64. The topological polar surface area (TPSA) is 109 Å². The van der Waals surface area contributed by atoms with Crippen LogP contribution in [0.5, 0.6) is 0 Å². The fraction of sp³-hybridized carbons (Fsp3) is 0.429. The molecule has 0 amide bonds. The summed E-state index contributed by atoms with van der Waals surface area (Å²) in [7, 11) is 0. The summed E-state index contributed by atoms with van der Waals surface area (Å²) in [5, 5.41) is 17.9. The fourth-order valence-electron chi connectivity index (χ4n) is 4.64. The minimum Gasteiger partial charge on any atom is -0.481 e. The highest BCUT2D eigenvalue weighted by Crippen LogP contribution is 2.36. The van der Waals surface area contributed by atoms with Crippen LogP contribution in [-0.4, -0.2) is 33.7 Å². The molecule has 1 aliphatic carbocycles. The molecular formula is C28H32O6. The maximum atomic E-state index is 13.5. The second-order valence-corrected chi connectivity index (χ2v) is 10.4. The second-order valence-electron chi connectivity index (χ2n) is 10.4. The minimum absolute atomic E-state index is 0.0875. The molecule has 180 valence electrons. The second kappa shape index (κ2) is 9.53. The Kier molecular flexibility index (Phi) is 7.10. The number of hydrogen-bond acceptors (Lipinski definition) is 4. The molecule has 2 N–H and O–H groups in total. The normalized spacial score (nSPS) is 13.4. The van der Waals surface area contributed by atoms with E-state index < -0.39 is 11.9 Å². The molecule has 2 aromatic rings. The van der Waals surface area contributed by atoms with E-state index in [0.717, 1.165) is 11.1 Å². The lowest BCUT2D eigenvalue weighted by Gasteiger charge is -2.29. The smallest absolute Gasteiger partial charge is 0.303 e. The Labute approximate surface area is 200 Å². The lowest BCUT2D eigenvalue weighted by Crippen LogP contribution is -2.25. The zero-order valence-corrected chi connectivity index (χ0v) is 20.2. The molecule has 0 bridgehead atoms. The summed E-state index contributed by atoms with van der Waals surface area (Å²) < 4.78 is 0. The lowest BCUT2D eigenvalue weighted by atomic mass is 9.74. The van der Waals surface area contributed by atoms with Gasteiger partial charge in [0.1, 0.15) is 0 Å². The number of ketones is 2. The zero-order chi connectivity index (χ0) is 25.3. The van der Waals surface area contributed by atoms with Crippen LogP contribution in [0.25, 0.3) is 0 Å². The number of hydrogen-bond donors (Lipinski definition) is 2. The van der Waals surface area contributed by atoms with E-state index in [9.17, 15) is 19.2 Å². The standard InChI is InChI=1S/C28H32O6/c1-27(2,13-5-7-23(29)30)17-9-11-19-21(15-17)26(34)22-16-18(10-12-20(22)25(19)33)28(3,4)14-6-8-24(31)32/h9-12,15-16H,5-8,13-14H2,1-4H3,(H,29,30)(H,31,32). The summed E-state index contributed by atoms with van der Waals surface area (Å²) >= 11 is 0. The van der Waals surface area contributed by atoms with Crippen molar-refractivity contribution >= 4 is 23.5 Å². The third-order valence-electron chi connectivity index (χ3n) is 6.97. The highest BCUT2D eigenvalue weighted by molar-refractivity contribution is 6.28. The van der Waals surface area contributed by atoms with Crippen molar-refractivity contribution < 1.29 is 29.4 Å². The van der Waals surface area contributed by atoms with Crippen molar-refractivity contribution in [3.05, 3.63) is 69.8 Å². The maximum Gasteiger partial charge on any atom is 0.303 e. The van der Waals surface area contributed by atoms with Crippen LogP contribution in [0.2, 0.25) is 0 Å². The van der Waals surface area contributed by atoms with Crippen molar-refractivity contribution in [1.82, 2.24) is 0 Å². The highest BCUT2D eigenvalue weighted by atomic mass is 16.4. The third kappa shape index (κ3) is 5.27. The average Bonchev–Trinajstić information content (AvgIpc) is 2.76. The number of rotatable bonds is 10. The molecule has 0 radical (unpaired) electrons. The van der Waals surface area contributed by atoms with Crippen LogP contribution >= 0.6 is 0 Å². The Morgan fingerprint density at radius 3 is 1.35 bits per heavy atom. The average molecular weight is 465 g/mol.